The van der Waals surface area contributed by atoms with Gasteiger partial charge in [-0.25, -0.2) is 0 Å². The van der Waals surface area contributed by atoms with E-state index in [1.54, 1.807) is 6.07 Å². The summed E-state index contributed by atoms with van der Waals surface area (Å²) in [6.45, 7) is 0.996. The number of aromatic hydroxyl groups is 1. The van der Waals surface area contributed by atoms with Gasteiger partial charge in [0.05, 0.1) is 0 Å². The monoisotopic (exact) mass is 284 g/mol. The molecule has 0 unspecified atom stereocenters. The van der Waals surface area contributed by atoms with Crippen LogP contribution >= 0.6 is 0 Å². The molecule has 5 atom stereocenters. The van der Waals surface area contributed by atoms with E-state index in [2.05, 4.69) is 24.1 Å². The number of benzene rings is 1. The molecule has 0 amide bonds. The Morgan fingerprint density at radius 1 is 1.43 bits per heavy atom. The van der Waals surface area contributed by atoms with E-state index < -0.39 is 6.10 Å². The molecule has 4 nitrogen and oxygen atoms in total. The van der Waals surface area contributed by atoms with Crippen LogP contribution in [-0.2, 0) is 11.8 Å². The lowest BCUT2D eigenvalue weighted by Crippen LogP contribution is -2.64. The van der Waals surface area contributed by atoms with Crippen LogP contribution in [0, 0.1) is 12.0 Å². The van der Waals surface area contributed by atoms with Gasteiger partial charge in [-0.05, 0) is 44.1 Å². The summed E-state index contributed by atoms with van der Waals surface area (Å²) in [6, 6.07) is 5.29. The smallest absolute Gasteiger partial charge is 0.165 e. The molecule has 2 N–H and O–H groups in total. The Morgan fingerprint density at radius 3 is 3.14 bits per heavy atom. The van der Waals surface area contributed by atoms with Gasteiger partial charge in [0, 0.05) is 22.9 Å². The summed E-state index contributed by atoms with van der Waals surface area (Å²) in [4.78, 5) is 2.41. The van der Waals surface area contributed by atoms with Gasteiger partial charge in [0.1, 0.15) is 12.2 Å². The van der Waals surface area contributed by atoms with Gasteiger partial charge in [0.25, 0.3) is 0 Å². The standard InChI is InChI=1S/C17H18NO3/c1-18-7-6-17-10-3-5-13(20)16(17)21-15-12(19)4-2-9(14(15)17)8-11(10)18/h3-5,10-11,13,16,19-20H,6-8H2,1H3/t10-,11+,13-,16-,17-/m0/s1. The van der Waals surface area contributed by atoms with Crippen molar-refractivity contribution in [1.29, 1.82) is 0 Å². The molecule has 2 aliphatic carbocycles. The van der Waals surface area contributed by atoms with E-state index in [4.69, 9.17) is 4.74 Å². The van der Waals surface area contributed by atoms with Crippen molar-refractivity contribution >= 4 is 0 Å². The summed E-state index contributed by atoms with van der Waals surface area (Å²) in [5.41, 5.74) is 2.08. The average molecular weight is 284 g/mol. The number of hydrogen-bond acceptors (Lipinski definition) is 4. The molecule has 1 saturated heterocycles. The third-order valence-corrected chi connectivity index (χ3v) is 6.06. The Morgan fingerprint density at radius 2 is 2.29 bits per heavy atom. The number of ether oxygens (including phenoxy) is 1. The predicted octanol–water partition coefficient (Wildman–Crippen LogP) is 0.998. The molecule has 1 radical (unpaired) electrons. The molecule has 109 valence electrons. The number of rotatable bonds is 0. The first-order valence-corrected chi connectivity index (χ1v) is 7.63. The maximum Gasteiger partial charge on any atom is 0.165 e. The zero-order valence-corrected chi connectivity index (χ0v) is 11.9. The molecule has 2 heterocycles. The first kappa shape index (κ1) is 12.1. The molecule has 1 spiro atoms. The highest BCUT2D eigenvalue weighted by Crippen LogP contribution is 2.62. The molecule has 5 rings (SSSR count). The molecule has 4 heteroatoms. The molecule has 1 aromatic rings. The fraction of sp³-hybridized carbons (Fsp3) is 0.529. The fourth-order valence-electron chi connectivity index (χ4n) is 5.14. The van der Waals surface area contributed by atoms with Crippen LogP contribution in [0.15, 0.2) is 18.2 Å². The van der Waals surface area contributed by atoms with Crippen LogP contribution in [0.4, 0.5) is 0 Å². The van der Waals surface area contributed by atoms with Gasteiger partial charge >= 0.3 is 0 Å². The topological polar surface area (TPSA) is 52.9 Å². The van der Waals surface area contributed by atoms with Crippen molar-refractivity contribution in [1.82, 2.24) is 4.90 Å². The Hall–Kier alpha value is -1.52. The summed E-state index contributed by atoms with van der Waals surface area (Å²) in [7, 11) is 2.17. The SMILES string of the molecule is CN1CC[C@]23c4c5[c]cc(O)c4O[C@H]2[C@@H](O)C=C[C@H]3[C@H]1C5. The minimum atomic E-state index is -0.608. The van der Waals surface area contributed by atoms with Crippen molar-refractivity contribution in [3.8, 4) is 11.5 Å². The first-order chi connectivity index (χ1) is 10.1. The van der Waals surface area contributed by atoms with Crippen LogP contribution in [0.25, 0.3) is 0 Å². The maximum atomic E-state index is 10.4. The number of likely N-dealkylation sites (tertiary alicyclic amines) is 1. The fourth-order valence-corrected chi connectivity index (χ4v) is 5.14. The Balaban J connectivity index is 1.84. The minimum Gasteiger partial charge on any atom is -0.504 e. The zero-order chi connectivity index (χ0) is 14.4. The Labute approximate surface area is 123 Å². The van der Waals surface area contributed by atoms with E-state index in [1.807, 2.05) is 6.08 Å². The van der Waals surface area contributed by atoms with Gasteiger partial charge in [0.2, 0.25) is 0 Å². The van der Waals surface area contributed by atoms with Gasteiger partial charge < -0.3 is 19.8 Å². The van der Waals surface area contributed by atoms with Crippen molar-refractivity contribution in [2.75, 3.05) is 13.6 Å². The number of phenolic OH excluding ortho intramolecular Hbond substituents is 1. The van der Waals surface area contributed by atoms with E-state index in [-0.39, 0.29) is 17.3 Å². The van der Waals surface area contributed by atoms with Gasteiger partial charge in [-0.2, -0.15) is 0 Å². The second-order valence-corrected chi connectivity index (χ2v) is 6.84. The molecule has 0 aromatic heterocycles. The highest BCUT2D eigenvalue weighted by Gasteiger charge is 2.64. The summed E-state index contributed by atoms with van der Waals surface area (Å²) in [6.07, 6.45) is 5.04. The number of aliphatic hydroxyl groups is 1. The van der Waals surface area contributed by atoms with E-state index in [0.717, 1.165) is 30.5 Å². The van der Waals surface area contributed by atoms with Crippen molar-refractivity contribution in [3.63, 3.8) is 0 Å². The van der Waals surface area contributed by atoms with Crippen molar-refractivity contribution < 1.29 is 14.9 Å². The number of likely N-dealkylation sites (N-methyl/N-ethyl adjacent to an activating group) is 1. The first-order valence-electron chi connectivity index (χ1n) is 7.63. The van der Waals surface area contributed by atoms with E-state index in [0.29, 0.717) is 17.7 Å². The molecule has 2 bridgehead atoms. The average Bonchev–Trinajstić information content (AvgIpc) is 2.83. The van der Waals surface area contributed by atoms with Crippen LogP contribution in [0.3, 0.4) is 0 Å². The minimum absolute atomic E-state index is 0.154. The van der Waals surface area contributed by atoms with Crippen LogP contribution in [0.1, 0.15) is 17.5 Å². The van der Waals surface area contributed by atoms with Gasteiger partial charge in [-0.3, -0.25) is 0 Å². The highest BCUT2D eigenvalue weighted by atomic mass is 16.5. The lowest BCUT2D eigenvalue weighted by Gasteiger charge is -2.56. The molecule has 1 aromatic carbocycles. The van der Waals surface area contributed by atoms with Gasteiger partial charge in [-0.15, -0.1) is 0 Å². The van der Waals surface area contributed by atoms with Crippen LogP contribution in [-0.4, -0.2) is 47.0 Å². The molecular weight excluding hydrogens is 266 g/mol. The van der Waals surface area contributed by atoms with E-state index in [1.165, 1.54) is 0 Å². The summed E-state index contributed by atoms with van der Waals surface area (Å²) in [5.74, 6) is 1.08. The summed E-state index contributed by atoms with van der Waals surface area (Å²) < 4.78 is 6.07. The third kappa shape index (κ3) is 1.21. The number of aliphatic hydroxyl groups excluding tert-OH is 1. The van der Waals surface area contributed by atoms with Crippen molar-refractivity contribution in [2.24, 2.45) is 5.92 Å². The molecule has 4 aliphatic rings. The number of phenols is 1. The highest BCUT2D eigenvalue weighted by molar-refractivity contribution is 5.61. The Kier molecular flexibility index (Phi) is 2.08. The maximum absolute atomic E-state index is 10.4. The third-order valence-electron chi connectivity index (χ3n) is 6.06. The van der Waals surface area contributed by atoms with Crippen molar-refractivity contribution in [3.05, 3.63) is 35.4 Å². The quantitative estimate of drug-likeness (QED) is 0.698. The van der Waals surface area contributed by atoms with E-state index in [9.17, 15) is 10.2 Å². The number of piperidine rings is 1. The summed E-state index contributed by atoms with van der Waals surface area (Å²) >= 11 is 0. The largest absolute Gasteiger partial charge is 0.504 e. The van der Waals surface area contributed by atoms with Crippen LogP contribution < -0.4 is 4.74 Å². The van der Waals surface area contributed by atoms with Crippen molar-refractivity contribution in [2.45, 2.75) is 36.5 Å². The molecule has 21 heavy (non-hydrogen) atoms. The molecular formula is C17H18NO3. The van der Waals surface area contributed by atoms with Gasteiger partial charge in [-0.1, -0.05) is 12.2 Å². The predicted molar refractivity (Wildman–Crippen MR) is 76.4 cm³/mol. The Bertz CT molecular complexity index is 670. The lowest BCUT2D eigenvalue weighted by atomic mass is 9.53. The van der Waals surface area contributed by atoms with E-state index >= 15 is 0 Å². The van der Waals surface area contributed by atoms with Crippen LogP contribution in [0.2, 0.25) is 0 Å². The second-order valence-electron chi connectivity index (χ2n) is 6.84. The number of nitrogens with zero attached hydrogens (tertiary/aromatic N) is 1. The lowest BCUT2D eigenvalue weighted by molar-refractivity contribution is -0.0453. The van der Waals surface area contributed by atoms with Gasteiger partial charge in [0.15, 0.2) is 11.5 Å². The second kappa shape index (κ2) is 3.62. The molecule has 2 aliphatic heterocycles. The molecule has 0 saturated carbocycles. The molecule has 1 fully saturated rings. The number of hydrogen-bond donors (Lipinski definition) is 2. The van der Waals surface area contributed by atoms with Crippen LogP contribution in [0.5, 0.6) is 11.5 Å². The zero-order valence-electron chi connectivity index (χ0n) is 11.9. The normalized spacial score (nSPS) is 42.6. The summed E-state index contributed by atoms with van der Waals surface area (Å²) in [5, 5.41) is 20.6.